The van der Waals surface area contributed by atoms with Crippen molar-refractivity contribution >= 4 is 0 Å². The average Bonchev–Trinajstić information content (AvgIpc) is 2.85. The van der Waals surface area contributed by atoms with E-state index in [9.17, 15) is 9.50 Å². The topological polar surface area (TPSA) is 45.4 Å². The lowest BCUT2D eigenvalue weighted by atomic mass is 10.1. The summed E-state index contributed by atoms with van der Waals surface area (Å²) in [5.74, 6) is 1.26. The van der Waals surface area contributed by atoms with Crippen LogP contribution >= 0.6 is 0 Å². The summed E-state index contributed by atoms with van der Waals surface area (Å²) in [5.41, 5.74) is 1.38. The van der Waals surface area contributed by atoms with Gasteiger partial charge in [0.1, 0.15) is 17.3 Å². The van der Waals surface area contributed by atoms with Crippen molar-refractivity contribution in [3.05, 3.63) is 47.5 Å². The van der Waals surface area contributed by atoms with E-state index in [0.717, 1.165) is 22.6 Å². The van der Waals surface area contributed by atoms with Crippen molar-refractivity contribution in [3.8, 4) is 11.3 Å². The largest absolute Gasteiger partial charge is 0.460 e. The molecule has 108 valence electrons. The van der Waals surface area contributed by atoms with Gasteiger partial charge in [-0.3, -0.25) is 0 Å². The molecule has 2 N–H and O–H groups in total. The monoisotopic (exact) mass is 277 g/mol. The van der Waals surface area contributed by atoms with Gasteiger partial charge >= 0.3 is 0 Å². The minimum atomic E-state index is -0.348. The number of benzene rings is 1. The summed E-state index contributed by atoms with van der Waals surface area (Å²) in [7, 11) is 0. The van der Waals surface area contributed by atoms with E-state index in [1.807, 2.05) is 32.9 Å². The van der Waals surface area contributed by atoms with Crippen LogP contribution in [0, 0.1) is 12.7 Å². The molecule has 0 unspecified atom stereocenters. The van der Waals surface area contributed by atoms with E-state index >= 15 is 0 Å². The molecule has 0 saturated heterocycles. The molecule has 3 nitrogen and oxygen atoms in total. The molecule has 0 spiro atoms. The quantitative estimate of drug-likeness (QED) is 0.881. The molecule has 0 amide bonds. The number of hydrogen-bond acceptors (Lipinski definition) is 3. The maximum atomic E-state index is 13.1. The lowest BCUT2D eigenvalue weighted by Crippen LogP contribution is -2.41. The van der Waals surface area contributed by atoms with E-state index in [0.29, 0.717) is 6.54 Å². The minimum absolute atomic E-state index is 0.0532. The predicted octanol–water partition coefficient (Wildman–Crippen LogP) is 3.25. The van der Waals surface area contributed by atoms with E-state index < -0.39 is 0 Å². The third-order valence-electron chi connectivity index (χ3n) is 3.25. The van der Waals surface area contributed by atoms with Gasteiger partial charge in [-0.2, -0.15) is 0 Å². The number of halogens is 1. The van der Waals surface area contributed by atoms with Crippen LogP contribution in [0.3, 0.4) is 0 Å². The molecule has 1 heterocycles. The Morgan fingerprint density at radius 1 is 1.25 bits per heavy atom. The molecule has 2 rings (SSSR count). The number of aliphatic hydroxyl groups is 1. The second-order valence-electron chi connectivity index (χ2n) is 5.62. The van der Waals surface area contributed by atoms with Crippen LogP contribution in [0.5, 0.6) is 0 Å². The summed E-state index contributed by atoms with van der Waals surface area (Å²) in [6.07, 6.45) is 0. The van der Waals surface area contributed by atoms with Crippen molar-refractivity contribution in [1.82, 2.24) is 5.32 Å². The van der Waals surface area contributed by atoms with Crippen LogP contribution in [0.15, 0.2) is 34.7 Å². The van der Waals surface area contributed by atoms with Crippen LogP contribution in [0.1, 0.15) is 25.2 Å². The van der Waals surface area contributed by atoms with E-state index in [1.165, 1.54) is 12.1 Å². The van der Waals surface area contributed by atoms with E-state index in [2.05, 4.69) is 5.32 Å². The zero-order valence-corrected chi connectivity index (χ0v) is 12.0. The van der Waals surface area contributed by atoms with Crippen LogP contribution in [-0.2, 0) is 6.54 Å². The fourth-order valence-corrected chi connectivity index (χ4v) is 1.90. The number of furan rings is 1. The molecule has 0 bridgehead atoms. The third kappa shape index (κ3) is 3.46. The summed E-state index contributed by atoms with van der Waals surface area (Å²) >= 11 is 0. The molecule has 0 radical (unpaired) electrons. The summed E-state index contributed by atoms with van der Waals surface area (Å²) < 4.78 is 18.9. The van der Waals surface area contributed by atoms with Crippen LogP contribution in [0.25, 0.3) is 11.3 Å². The molecule has 2 aromatic rings. The highest BCUT2D eigenvalue weighted by Crippen LogP contribution is 2.26. The first-order valence-electron chi connectivity index (χ1n) is 6.62. The Balaban J connectivity index is 2.13. The highest BCUT2D eigenvalue weighted by atomic mass is 19.1. The zero-order chi connectivity index (χ0) is 14.8. The van der Waals surface area contributed by atoms with Crippen molar-refractivity contribution in [2.45, 2.75) is 32.9 Å². The van der Waals surface area contributed by atoms with E-state index in [-0.39, 0.29) is 18.0 Å². The Hall–Kier alpha value is -1.65. The first kappa shape index (κ1) is 14.8. The van der Waals surface area contributed by atoms with Gasteiger partial charge in [0.15, 0.2) is 0 Å². The summed E-state index contributed by atoms with van der Waals surface area (Å²) in [6, 6.07) is 8.41. The van der Waals surface area contributed by atoms with Gasteiger partial charge in [-0.15, -0.1) is 0 Å². The SMILES string of the molecule is Cc1cc(F)ccc1-c1ccc(CNC(C)(C)CO)o1. The van der Waals surface area contributed by atoms with E-state index in [1.54, 1.807) is 6.07 Å². The van der Waals surface area contributed by atoms with Crippen molar-refractivity contribution in [2.24, 2.45) is 0 Å². The van der Waals surface area contributed by atoms with Crippen LogP contribution in [-0.4, -0.2) is 17.3 Å². The van der Waals surface area contributed by atoms with Gasteiger partial charge in [0, 0.05) is 11.1 Å². The predicted molar refractivity (Wildman–Crippen MR) is 76.8 cm³/mol. The van der Waals surface area contributed by atoms with Crippen molar-refractivity contribution in [3.63, 3.8) is 0 Å². The Kier molecular flexibility index (Phi) is 4.26. The van der Waals surface area contributed by atoms with Crippen molar-refractivity contribution in [1.29, 1.82) is 0 Å². The first-order valence-corrected chi connectivity index (χ1v) is 6.62. The average molecular weight is 277 g/mol. The van der Waals surface area contributed by atoms with Gasteiger partial charge in [-0.1, -0.05) is 0 Å². The smallest absolute Gasteiger partial charge is 0.134 e. The number of aryl methyl sites for hydroxylation is 1. The fraction of sp³-hybridized carbons (Fsp3) is 0.375. The van der Waals surface area contributed by atoms with Crippen LogP contribution < -0.4 is 5.32 Å². The number of hydrogen-bond donors (Lipinski definition) is 2. The second kappa shape index (κ2) is 5.77. The van der Waals surface area contributed by atoms with Crippen LogP contribution in [0.4, 0.5) is 4.39 Å². The molecule has 0 aliphatic rings. The molecule has 0 fully saturated rings. The van der Waals surface area contributed by atoms with Gasteiger partial charge in [0.25, 0.3) is 0 Å². The highest BCUT2D eigenvalue weighted by molar-refractivity contribution is 5.62. The van der Waals surface area contributed by atoms with Crippen molar-refractivity contribution in [2.75, 3.05) is 6.61 Å². The number of aliphatic hydroxyl groups excluding tert-OH is 1. The molecule has 0 saturated carbocycles. The van der Waals surface area contributed by atoms with Gasteiger partial charge in [-0.05, 0) is 56.7 Å². The van der Waals surface area contributed by atoms with Gasteiger partial charge in [0.2, 0.25) is 0 Å². The highest BCUT2D eigenvalue weighted by Gasteiger charge is 2.16. The Morgan fingerprint density at radius 3 is 2.65 bits per heavy atom. The summed E-state index contributed by atoms with van der Waals surface area (Å²) in [6.45, 7) is 6.28. The molecule has 0 aliphatic carbocycles. The standard InChI is InChI=1S/C16H20FNO2/c1-11-8-12(17)4-6-14(11)15-7-5-13(20-15)9-18-16(2,3)10-19/h4-8,18-19H,9-10H2,1-3H3. The normalized spacial score (nSPS) is 11.8. The van der Waals surface area contributed by atoms with E-state index in [4.69, 9.17) is 4.42 Å². The van der Waals surface area contributed by atoms with Gasteiger partial charge < -0.3 is 14.8 Å². The molecular formula is C16H20FNO2. The Labute approximate surface area is 118 Å². The lowest BCUT2D eigenvalue weighted by Gasteiger charge is -2.22. The third-order valence-corrected chi connectivity index (χ3v) is 3.25. The Morgan fingerprint density at radius 2 is 2.00 bits per heavy atom. The molecule has 0 aliphatic heterocycles. The van der Waals surface area contributed by atoms with Gasteiger partial charge in [0.05, 0.1) is 13.2 Å². The summed E-state index contributed by atoms with van der Waals surface area (Å²) in [5, 5.41) is 12.4. The molecule has 1 aromatic carbocycles. The second-order valence-corrected chi connectivity index (χ2v) is 5.62. The number of nitrogens with one attached hydrogen (secondary N) is 1. The maximum Gasteiger partial charge on any atom is 0.134 e. The fourth-order valence-electron chi connectivity index (χ4n) is 1.90. The van der Waals surface area contributed by atoms with Crippen molar-refractivity contribution < 1.29 is 13.9 Å². The molecule has 1 aromatic heterocycles. The molecule has 4 heteroatoms. The minimum Gasteiger partial charge on any atom is -0.460 e. The van der Waals surface area contributed by atoms with Gasteiger partial charge in [-0.25, -0.2) is 4.39 Å². The number of rotatable bonds is 5. The zero-order valence-electron chi connectivity index (χ0n) is 12.0. The molecule has 0 atom stereocenters. The first-order chi connectivity index (χ1) is 9.41. The Bertz CT molecular complexity index is 590. The maximum absolute atomic E-state index is 13.1. The lowest BCUT2D eigenvalue weighted by molar-refractivity contribution is 0.184. The van der Waals surface area contributed by atoms with Crippen LogP contribution in [0.2, 0.25) is 0 Å². The molecule has 20 heavy (non-hydrogen) atoms. The summed E-state index contributed by atoms with van der Waals surface area (Å²) in [4.78, 5) is 0. The molecular weight excluding hydrogens is 257 g/mol.